The molecule has 1 atom stereocenters. The predicted molar refractivity (Wildman–Crippen MR) is 116 cm³/mol. The number of fused-ring (bicyclic) bond motifs is 1. The molecule has 6 nitrogen and oxygen atoms in total. The SMILES string of the molecule is CC1(C)OB(c2c(C(F)(F)F)ccc3c2CC(CNC(=O)O)(c2ccccc2)O3)OC1(C)C. The Morgan fingerprint density at radius 1 is 1.06 bits per heavy atom. The van der Waals surface area contributed by atoms with Gasteiger partial charge in [0.2, 0.25) is 0 Å². The fourth-order valence-electron chi connectivity index (χ4n) is 4.25. The van der Waals surface area contributed by atoms with Gasteiger partial charge in [-0.25, -0.2) is 4.79 Å². The second-order valence-electron chi connectivity index (χ2n) is 9.39. The van der Waals surface area contributed by atoms with Gasteiger partial charge in [0, 0.05) is 11.9 Å². The summed E-state index contributed by atoms with van der Waals surface area (Å²) < 4.78 is 60.4. The molecule has 10 heteroatoms. The topological polar surface area (TPSA) is 77.0 Å². The lowest BCUT2D eigenvalue weighted by Gasteiger charge is -2.32. The average molecular weight is 463 g/mol. The first-order chi connectivity index (χ1) is 15.3. The number of nitrogens with one attached hydrogen (secondary N) is 1. The molecule has 2 N–H and O–H groups in total. The second kappa shape index (κ2) is 7.67. The minimum absolute atomic E-state index is 0.00988. The first kappa shape index (κ1) is 23.4. The predicted octanol–water partition coefficient (Wildman–Crippen LogP) is 4.10. The van der Waals surface area contributed by atoms with Crippen molar-refractivity contribution in [3.8, 4) is 5.75 Å². The van der Waals surface area contributed by atoms with E-state index in [-0.39, 0.29) is 24.2 Å². The van der Waals surface area contributed by atoms with Gasteiger partial charge in [0.25, 0.3) is 0 Å². The van der Waals surface area contributed by atoms with Crippen molar-refractivity contribution in [2.45, 2.75) is 57.1 Å². The number of benzene rings is 2. The van der Waals surface area contributed by atoms with E-state index in [0.29, 0.717) is 11.1 Å². The molecule has 1 unspecified atom stereocenters. The van der Waals surface area contributed by atoms with Crippen molar-refractivity contribution in [2.24, 2.45) is 0 Å². The Morgan fingerprint density at radius 3 is 2.21 bits per heavy atom. The van der Waals surface area contributed by atoms with Crippen LogP contribution < -0.4 is 15.5 Å². The third-order valence-electron chi connectivity index (χ3n) is 6.70. The zero-order chi connectivity index (χ0) is 24.2. The van der Waals surface area contributed by atoms with Crippen LogP contribution in [0.2, 0.25) is 0 Å². The van der Waals surface area contributed by atoms with Gasteiger partial charge in [-0.1, -0.05) is 30.3 Å². The first-order valence-corrected chi connectivity index (χ1v) is 10.6. The molecule has 176 valence electrons. The van der Waals surface area contributed by atoms with E-state index >= 15 is 0 Å². The summed E-state index contributed by atoms with van der Waals surface area (Å²) in [6.07, 6.45) is -5.90. The van der Waals surface area contributed by atoms with Crippen LogP contribution in [0.4, 0.5) is 18.0 Å². The van der Waals surface area contributed by atoms with Crippen LogP contribution in [0, 0.1) is 0 Å². The average Bonchev–Trinajstić information content (AvgIpc) is 3.20. The van der Waals surface area contributed by atoms with Gasteiger partial charge in [-0.15, -0.1) is 0 Å². The number of alkyl halides is 3. The maximum Gasteiger partial charge on any atom is 0.495 e. The lowest BCUT2D eigenvalue weighted by atomic mass is 9.70. The minimum Gasteiger partial charge on any atom is -0.480 e. The monoisotopic (exact) mass is 463 g/mol. The Balaban J connectivity index is 1.85. The molecule has 2 aliphatic heterocycles. The molecule has 2 aliphatic rings. The zero-order valence-electron chi connectivity index (χ0n) is 18.7. The summed E-state index contributed by atoms with van der Waals surface area (Å²) in [6.45, 7) is 6.93. The van der Waals surface area contributed by atoms with Crippen molar-refractivity contribution in [1.82, 2.24) is 5.32 Å². The molecule has 2 heterocycles. The number of ether oxygens (including phenoxy) is 1. The summed E-state index contributed by atoms with van der Waals surface area (Å²) >= 11 is 0. The minimum atomic E-state index is -4.65. The quantitative estimate of drug-likeness (QED) is 0.668. The van der Waals surface area contributed by atoms with Crippen LogP contribution in [0.1, 0.15) is 44.4 Å². The maximum absolute atomic E-state index is 14.1. The normalized spacial score (nSPS) is 23.2. The van der Waals surface area contributed by atoms with Gasteiger partial charge in [0.1, 0.15) is 5.75 Å². The van der Waals surface area contributed by atoms with E-state index in [9.17, 15) is 23.1 Å². The lowest BCUT2D eigenvalue weighted by Crippen LogP contribution is -2.45. The summed E-state index contributed by atoms with van der Waals surface area (Å²) in [4.78, 5) is 11.3. The molecular weight excluding hydrogens is 438 g/mol. The summed E-state index contributed by atoms with van der Waals surface area (Å²) in [5, 5.41) is 11.5. The van der Waals surface area contributed by atoms with Crippen molar-refractivity contribution < 1.29 is 37.1 Å². The Labute approximate surface area is 190 Å². The van der Waals surface area contributed by atoms with Gasteiger partial charge in [-0.3, -0.25) is 0 Å². The standard InChI is InChI=1S/C23H25BF3NO5/c1-20(2)21(3,4)33-24(32-20)18-15-12-22(13-28-19(29)30,14-8-6-5-7-9-14)31-17(15)11-10-16(18)23(25,26)27/h5-11,28H,12-13H2,1-4H3,(H,29,30). The van der Waals surface area contributed by atoms with Crippen LogP contribution in [0.5, 0.6) is 5.75 Å². The Hall–Kier alpha value is -2.72. The van der Waals surface area contributed by atoms with E-state index in [1.54, 1.807) is 58.0 Å². The molecule has 1 saturated heterocycles. The molecule has 33 heavy (non-hydrogen) atoms. The van der Waals surface area contributed by atoms with Gasteiger partial charge < -0.3 is 24.5 Å². The summed E-state index contributed by atoms with van der Waals surface area (Å²) in [6, 6.07) is 11.1. The molecule has 1 fully saturated rings. The lowest BCUT2D eigenvalue weighted by molar-refractivity contribution is -0.136. The molecular formula is C23H25BF3NO5. The second-order valence-corrected chi connectivity index (χ2v) is 9.39. The van der Waals surface area contributed by atoms with E-state index < -0.39 is 41.8 Å². The molecule has 0 spiro atoms. The van der Waals surface area contributed by atoms with Gasteiger partial charge >= 0.3 is 19.4 Å². The van der Waals surface area contributed by atoms with Crippen LogP contribution in [0.3, 0.4) is 0 Å². The van der Waals surface area contributed by atoms with Gasteiger partial charge in [0.05, 0.1) is 23.3 Å². The third kappa shape index (κ3) is 4.06. The molecule has 2 aromatic carbocycles. The van der Waals surface area contributed by atoms with Crippen molar-refractivity contribution in [3.63, 3.8) is 0 Å². The Bertz CT molecular complexity index is 1060. The number of carbonyl (C=O) groups is 1. The third-order valence-corrected chi connectivity index (χ3v) is 6.70. The molecule has 4 rings (SSSR count). The highest BCUT2D eigenvalue weighted by molar-refractivity contribution is 6.63. The van der Waals surface area contributed by atoms with Crippen molar-refractivity contribution >= 4 is 18.7 Å². The highest BCUT2D eigenvalue weighted by Gasteiger charge is 2.56. The van der Waals surface area contributed by atoms with E-state index in [1.165, 1.54) is 6.07 Å². The van der Waals surface area contributed by atoms with Gasteiger partial charge in [0.15, 0.2) is 5.60 Å². The van der Waals surface area contributed by atoms with Crippen molar-refractivity contribution in [3.05, 3.63) is 59.2 Å². The summed E-state index contributed by atoms with van der Waals surface area (Å²) in [5.41, 5.74) is -2.97. The zero-order valence-corrected chi connectivity index (χ0v) is 18.7. The summed E-state index contributed by atoms with van der Waals surface area (Å²) in [7, 11) is -1.26. The Morgan fingerprint density at radius 2 is 1.67 bits per heavy atom. The van der Waals surface area contributed by atoms with Crippen molar-refractivity contribution in [2.75, 3.05) is 6.54 Å². The molecule has 0 aromatic heterocycles. The van der Waals surface area contributed by atoms with E-state index in [0.717, 1.165) is 6.07 Å². The van der Waals surface area contributed by atoms with E-state index in [2.05, 4.69) is 5.32 Å². The molecule has 1 amide bonds. The fourth-order valence-corrected chi connectivity index (χ4v) is 4.25. The van der Waals surface area contributed by atoms with E-state index in [4.69, 9.17) is 14.0 Å². The number of hydrogen-bond donors (Lipinski definition) is 2. The number of halogens is 3. The van der Waals surface area contributed by atoms with Crippen LogP contribution in [0.25, 0.3) is 0 Å². The molecule has 0 saturated carbocycles. The molecule has 2 aromatic rings. The molecule has 0 bridgehead atoms. The molecule has 0 aliphatic carbocycles. The largest absolute Gasteiger partial charge is 0.495 e. The maximum atomic E-state index is 14.1. The number of amides is 1. The fraction of sp³-hybridized carbons (Fsp3) is 0.435. The number of rotatable bonds is 4. The van der Waals surface area contributed by atoms with Crippen LogP contribution >= 0.6 is 0 Å². The number of carboxylic acid groups (broad SMARTS) is 1. The van der Waals surface area contributed by atoms with Gasteiger partial charge in [-0.05, 0) is 51.0 Å². The van der Waals surface area contributed by atoms with E-state index in [1.807, 2.05) is 0 Å². The Kier molecular flexibility index (Phi) is 5.45. The van der Waals surface area contributed by atoms with Crippen molar-refractivity contribution in [1.29, 1.82) is 0 Å². The number of hydrogen-bond acceptors (Lipinski definition) is 4. The van der Waals surface area contributed by atoms with Crippen LogP contribution in [-0.4, -0.2) is 36.1 Å². The highest BCUT2D eigenvalue weighted by Crippen LogP contribution is 2.45. The highest BCUT2D eigenvalue weighted by atomic mass is 19.4. The first-order valence-electron chi connectivity index (χ1n) is 10.6. The molecule has 0 radical (unpaired) electrons. The smallest absolute Gasteiger partial charge is 0.480 e. The van der Waals surface area contributed by atoms with Gasteiger partial charge in [-0.2, -0.15) is 13.2 Å². The van der Waals surface area contributed by atoms with Crippen LogP contribution in [-0.2, 0) is 27.5 Å². The van der Waals surface area contributed by atoms with Crippen LogP contribution in [0.15, 0.2) is 42.5 Å². The summed E-state index contributed by atoms with van der Waals surface area (Å²) in [5.74, 6) is 0.240.